The van der Waals surface area contributed by atoms with Crippen LogP contribution in [0.15, 0.2) is 59.9 Å². The van der Waals surface area contributed by atoms with Gasteiger partial charge in [0.15, 0.2) is 11.8 Å². The summed E-state index contributed by atoms with van der Waals surface area (Å²) in [6.07, 6.45) is 1.51. The first-order chi connectivity index (χ1) is 13.2. The Labute approximate surface area is 182 Å². The number of nitrogens with one attached hydrogen (secondary N) is 2. The topological polar surface area (TPSA) is 78.4 Å². The normalized spacial score (nSPS) is 10.9. The third kappa shape index (κ3) is 5.44. The average Bonchev–Trinajstić information content (AvgIpc) is 3.24. The molecule has 0 atom stereocenters. The van der Waals surface area contributed by atoms with Crippen molar-refractivity contribution in [2.45, 2.75) is 13.1 Å². The number of halogens is 1. The summed E-state index contributed by atoms with van der Waals surface area (Å²) in [5.41, 5.74) is 3.25. The van der Waals surface area contributed by atoms with Crippen LogP contribution in [0.1, 0.15) is 11.1 Å². The minimum absolute atomic E-state index is 0. The van der Waals surface area contributed by atoms with Gasteiger partial charge >= 0.3 is 0 Å². The summed E-state index contributed by atoms with van der Waals surface area (Å²) in [6, 6.07) is 16.2. The molecule has 0 aliphatic heterocycles. The van der Waals surface area contributed by atoms with Crippen molar-refractivity contribution in [2.75, 3.05) is 21.2 Å². The van der Waals surface area contributed by atoms with Crippen molar-refractivity contribution in [3.63, 3.8) is 0 Å². The van der Waals surface area contributed by atoms with Crippen LogP contribution in [-0.4, -0.2) is 47.2 Å². The Bertz CT molecular complexity index is 897. The summed E-state index contributed by atoms with van der Waals surface area (Å²) in [5, 5.41) is 10.2. The summed E-state index contributed by atoms with van der Waals surface area (Å²) in [4.78, 5) is 10.7. The minimum atomic E-state index is 0. The highest BCUT2D eigenvalue weighted by molar-refractivity contribution is 14.0. The Morgan fingerprint density at radius 2 is 2.04 bits per heavy atom. The number of aromatic nitrogens is 3. The second-order valence-electron chi connectivity index (χ2n) is 6.10. The molecule has 3 rings (SSSR count). The Morgan fingerprint density at radius 3 is 2.75 bits per heavy atom. The minimum Gasteiger partial charge on any atom is -0.496 e. The predicted octanol–water partition coefficient (Wildman–Crippen LogP) is 3.31. The number of ether oxygens (including phenoxy) is 1. The third-order valence-corrected chi connectivity index (χ3v) is 4.24. The standard InChI is InChI=1S/C20H24N6O.HI/c1-21-20(26(2)13-17-8-4-5-10-18(17)27-3)22-12-15-7-6-9-16(11-15)19-23-14-24-25-19;/h4-11,14H,12-13H2,1-3H3,(H,21,22)(H,23,24,25);1H. The van der Waals surface area contributed by atoms with E-state index in [1.807, 2.05) is 37.4 Å². The lowest BCUT2D eigenvalue weighted by molar-refractivity contribution is 0.396. The molecular formula is C20H25IN6O. The molecule has 7 nitrogen and oxygen atoms in total. The lowest BCUT2D eigenvalue weighted by Crippen LogP contribution is -2.38. The van der Waals surface area contributed by atoms with Crippen LogP contribution in [0, 0.1) is 0 Å². The van der Waals surface area contributed by atoms with Crippen molar-refractivity contribution in [1.82, 2.24) is 25.4 Å². The Balaban J connectivity index is 0.00000280. The van der Waals surface area contributed by atoms with E-state index < -0.39 is 0 Å². The first kappa shape index (κ1) is 21.7. The van der Waals surface area contributed by atoms with Crippen molar-refractivity contribution < 1.29 is 4.74 Å². The summed E-state index contributed by atoms with van der Waals surface area (Å²) in [6.45, 7) is 1.35. The van der Waals surface area contributed by atoms with E-state index in [1.54, 1.807) is 14.2 Å². The molecule has 0 amide bonds. The zero-order valence-electron chi connectivity index (χ0n) is 16.2. The van der Waals surface area contributed by atoms with Crippen molar-refractivity contribution >= 4 is 29.9 Å². The van der Waals surface area contributed by atoms with Crippen LogP contribution in [0.5, 0.6) is 5.75 Å². The Kier molecular flexibility index (Phi) is 8.24. The molecule has 1 heterocycles. The number of rotatable bonds is 6. The van der Waals surface area contributed by atoms with Gasteiger partial charge in [0.1, 0.15) is 12.1 Å². The van der Waals surface area contributed by atoms with E-state index >= 15 is 0 Å². The van der Waals surface area contributed by atoms with Crippen LogP contribution in [0.25, 0.3) is 11.4 Å². The van der Waals surface area contributed by atoms with Crippen molar-refractivity contribution in [1.29, 1.82) is 0 Å². The van der Waals surface area contributed by atoms with Gasteiger partial charge in [-0.2, -0.15) is 5.10 Å². The number of guanidine groups is 1. The number of aliphatic imine (C=N–C) groups is 1. The maximum atomic E-state index is 5.44. The van der Waals surface area contributed by atoms with E-state index in [0.717, 1.165) is 34.2 Å². The molecule has 0 aliphatic rings. The lowest BCUT2D eigenvalue weighted by Gasteiger charge is -2.23. The fraction of sp³-hybridized carbons (Fsp3) is 0.250. The molecule has 0 fully saturated rings. The molecule has 0 bridgehead atoms. The maximum absolute atomic E-state index is 5.44. The molecule has 0 radical (unpaired) electrons. The molecule has 8 heteroatoms. The predicted molar refractivity (Wildman–Crippen MR) is 122 cm³/mol. The SMILES string of the molecule is CN=C(NCc1cccc(-c2ncn[nH]2)c1)N(C)Cc1ccccc1OC.I. The van der Waals surface area contributed by atoms with Crippen molar-refractivity contribution in [3.05, 3.63) is 66.0 Å². The maximum Gasteiger partial charge on any atom is 0.193 e. The van der Waals surface area contributed by atoms with Gasteiger partial charge in [-0.1, -0.05) is 36.4 Å². The van der Waals surface area contributed by atoms with Gasteiger partial charge in [-0.25, -0.2) is 4.98 Å². The van der Waals surface area contributed by atoms with Crippen LogP contribution >= 0.6 is 24.0 Å². The van der Waals surface area contributed by atoms with Crippen molar-refractivity contribution in [3.8, 4) is 17.1 Å². The number of nitrogens with zero attached hydrogens (tertiary/aromatic N) is 4. The molecule has 148 valence electrons. The van der Waals surface area contributed by atoms with Crippen LogP contribution in [0.3, 0.4) is 0 Å². The molecule has 28 heavy (non-hydrogen) atoms. The molecule has 2 N–H and O–H groups in total. The van der Waals surface area contributed by atoms with Crippen LogP contribution in [-0.2, 0) is 13.1 Å². The van der Waals surface area contributed by atoms with Gasteiger partial charge in [0, 0.05) is 38.3 Å². The Hall–Kier alpha value is -2.62. The first-order valence-electron chi connectivity index (χ1n) is 8.69. The monoisotopic (exact) mass is 492 g/mol. The summed E-state index contributed by atoms with van der Waals surface area (Å²) in [5.74, 6) is 2.44. The van der Waals surface area contributed by atoms with Gasteiger partial charge in [0.05, 0.1) is 7.11 Å². The quantitative estimate of drug-likeness (QED) is 0.314. The molecule has 0 saturated carbocycles. The molecule has 0 spiro atoms. The van der Waals surface area contributed by atoms with Crippen LogP contribution < -0.4 is 10.1 Å². The van der Waals surface area contributed by atoms with Gasteiger partial charge in [-0.15, -0.1) is 24.0 Å². The van der Waals surface area contributed by atoms with E-state index in [9.17, 15) is 0 Å². The fourth-order valence-electron chi connectivity index (χ4n) is 2.90. The highest BCUT2D eigenvalue weighted by Crippen LogP contribution is 2.19. The van der Waals surface area contributed by atoms with Crippen LogP contribution in [0.2, 0.25) is 0 Å². The number of hydrogen-bond acceptors (Lipinski definition) is 4. The average molecular weight is 492 g/mol. The number of H-pyrrole nitrogens is 1. The molecule has 0 saturated heterocycles. The third-order valence-electron chi connectivity index (χ3n) is 4.24. The van der Waals surface area contributed by atoms with E-state index in [0.29, 0.717) is 13.1 Å². The fourth-order valence-corrected chi connectivity index (χ4v) is 2.90. The Morgan fingerprint density at radius 1 is 1.21 bits per heavy atom. The molecule has 2 aromatic carbocycles. The number of aromatic amines is 1. The highest BCUT2D eigenvalue weighted by atomic mass is 127. The van der Waals surface area contributed by atoms with E-state index in [4.69, 9.17) is 4.74 Å². The highest BCUT2D eigenvalue weighted by Gasteiger charge is 2.10. The van der Waals surface area contributed by atoms with Gasteiger partial charge in [-0.05, 0) is 17.7 Å². The van der Waals surface area contributed by atoms with Gasteiger partial charge in [0.25, 0.3) is 0 Å². The largest absolute Gasteiger partial charge is 0.496 e. The van der Waals surface area contributed by atoms with E-state index in [2.05, 4.69) is 48.6 Å². The molecule has 1 aromatic heterocycles. The second-order valence-corrected chi connectivity index (χ2v) is 6.10. The number of hydrogen-bond donors (Lipinski definition) is 2. The second kappa shape index (κ2) is 10.6. The van der Waals surface area contributed by atoms with Crippen LogP contribution in [0.4, 0.5) is 0 Å². The molecular weight excluding hydrogens is 467 g/mol. The number of benzene rings is 2. The zero-order valence-corrected chi connectivity index (χ0v) is 18.5. The van der Waals surface area contributed by atoms with E-state index in [-0.39, 0.29) is 24.0 Å². The summed E-state index contributed by atoms with van der Waals surface area (Å²) in [7, 11) is 5.48. The van der Waals surface area contributed by atoms with Crippen molar-refractivity contribution in [2.24, 2.45) is 4.99 Å². The lowest BCUT2D eigenvalue weighted by atomic mass is 10.1. The molecule has 3 aromatic rings. The smallest absolute Gasteiger partial charge is 0.193 e. The van der Waals surface area contributed by atoms with E-state index in [1.165, 1.54) is 6.33 Å². The number of methoxy groups -OCH3 is 1. The first-order valence-corrected chi connectivity index (χ1v) is 8.69. The summed E-state index contributed by atoms with van der Waals surface area (Å²) >= 11 is 0. The zero-order chi connectivity index (χ0) is 19.1. The molecule has 0 aliphatic carbocycles. The number of para-hydroxylation sites is 1. The van der Waals surface area contributed by atoms with Gasteiger partial charge < -0.3 is 15.0 Å². The summed E-state index contributed by atoms with van der Waals surface area (Å²) < 4.78 is 5.44. The van der Waals surface area contributed by atoms with Gasteiger partial charge in [0.2, 0.25) is 0 Å². The molecule has 0 unspecified atom stereocenters. The van der Waals surface area contributed by atoms with Gasteiger partial charge in [-0.3, -0.25) is 10.1 Å².